The largest absolute Gasteiger partial charge is 0.295 e. The Labute approximate surface area is 152 Å². The molecule has 5 nitrogen and oxygen atoms in total. The van der Waals surface area contributed by atoms with Gasteiger partial charge < -0.3 is 0 Å². The fourth-order valence-corrected chi connectivity index (χ4v) is 3.30. The summed E-state index contributed by atoms with van der Waals surface area (Å²) in [5.74, 6) is 0.102. The molecular weight excluding hydrogens is 324 g/mol. The van der Waals surface area contributed by atoms with Crippen molar-refractivity contribution in [3.63, 3.8) is 0 Å². The number of aromatic nitrogens is 2. The molecule has 1 aliphatic rings. The van der Waals surface area contributed by atoms with Gasteiger partial charge in [0, 0.05) is 30.4 Å². The molecule has 1 aromatic heterocycles. The number of ketones is 1. The number of rotatable bonds is 4. The third kappa shape index (κ3) is 3.15. The van der Waals surface area contributed by atoms with E-state index < -0.39 is 0 Å². The van der Waals surface area contributed by atoms with E-state index in [0.717, 1.165) is 29.9 Å². The van der Waals surface area contributed by atoms with Crippen LogP contribution in [0.15, 0.2) is 54.7 Å². The van der Waals surface area contributed by atoms with Crippen molar-refractivity contribution >= 4 is 5.78 Å². The Kier molecular flexibility index (Phi) is 4.11. The van der Waals surface area contributed by atoms with Crippen LogP contribution in [0.3, 0.4) is 0 Å². The summed E-state index contributed by atoms with van der Waals surface area (Å²) in [6.07, 6.45) is 1.97. The molecule has 26 heavy (non-hydrogen) atoms. The number of nitriles is 1. The fraction of sp³-hybridized carbons (Fsp3) is 0.190. The van der Waals surface area contributed by atoms with E-state index in [9.17, 15) is 4.79 Å². The summed E-state index contributed by atoms with van der Waals surface area (Å²) in [5, 5.41) is 13.5. The molecule has 0 amide bonds. The molecule has 0 saturated carbocycles. The average molecular weight is 342 g/mol. The molecule has 4 rings (SSSR count). The number of benzene rings is 2. The molecule has 0 atom stereocenters. The summed E-state index contributed by atoms with van der Waals surface area (Å²) in [4.78, 5) is 13.8. The maximum atomic E-state index is 11.6. The van der Waals surface area contributed by atoms with Crippen molar-refractivity contribution in [1.82, 2.24) is 14.7 Å². The summed E-state index contributed by atoms with van der Waals surface area (Å²) in [7, 11) is 0. The second kappa shape index (κ2) is 6.58. The number of carbonyl (C=O) groups is 1. The van der Waals surface area contributed by atoms with E-state index in [-0.39, 0.29) is 5.78 Å². The van der Waals surface area contributed by atoms with Crippen LogP contribution in [0.4, 0.5) is 0 Å². The van der Waals surface area contributed by atoms with Crippen molar-refractivity contribution in [3.05, 3.63) is 77.0 Å². The molecule has 0 bridgehead atoms. The van der Waals surface area contributed by atoms with Crippen molar-refractivity contribution in [1.29, 1.82) is 5.26 Å². The first-order chi connectivity index (χ1) is 12.6. The highest BCUT2D eigenvalue weighted by atomic mass is 16.1. The highest BCUT2D eigenvalue weighted by Gasteiger charge is 2.20. The van der Waals surface area contributed by atoms with E-state index in [1.165, 1.54) is 11.1 Å². The van der Waals surface area contributed by atoms with Crippen LogP contribution in [0, 0.1) is 11.3 Å². The molecule has 0 fully saturated rings. The number of carbonyl (C=O) groups excluding carboxylic acids is 1. The minimum Gasteiger partial charge on any atom is -0.295 e. The molecule has 5 heteroatoms. The minimum absolute atomic E-state index is 0.102. The Morgan fingerprint density at radius 3 is 2.62 bits per heavy atom. The molecule has 0 saturated heterocycles. The monoisotopic (exact) mass is 342 g/mol. The van der Waals surface area contributed by atoms with Crippen LogP contribution in [0.25, 0.3) is 11.3 Å². The summed E-state index contributed by atoms with van der Waals surface area (Å²) in [5.41, 5.74) is 5.80. The Morgan fingerprint density at radius 2 is 1.88 bits per heavy atom. The second-order valence-electron chi connectivity index (χ2n) is 6.60. The predicted molar refractivity (Wildman–Crippen MR) is 98.1 cm³/mol. The molecule has 1 aliphatic heterocycles. The lowest BCUT2D eigenvalue weighted by Crippen LogP contribution is -2.20. The van der Waals surface area contributed by atoms with Crippen LogP contribution in [0.5, 0.6) is 0 Å². The lowest BCUT2D eigenvalue weighted by Gasteiger charge is -2.14. The maximum absolute atomic E-state index is 11.6. The third-order valence-corrected chi connectivity index (χ3v) is 4.70. The van der Waals surface area contributed by atoms with Crippen molar-refractivity contribution in [2.24, 2.45) is 0 Å². The quantitative estimate of drug-likeness (QED) is 0.680. The summed E-state index contributed by atoms with van der Waals surface area (Å²) in [6.45, 7) is 3.98. The van der Waals surface area contributed by atoms with Crippen LogP contribution in [-0.2, 0) is 19.8 Å². The van der Waals surface area contributed by atoms with E-state index in [2.05, 4.69) is 22.1 Å². The van der Waals surface area contributed by atoms with E-state index in [4.69, 9.17) is 5.26 Å². The number of nitrogens with zero attached hydrogens (tertiary/aromatic N) is 4. The smallest absolute Gasteiger partial charge is 0.159 e. The molecule has 0 spiro atoms. The van der Waals surface area contributed by atoms with Gasteiger partial charge in [0.1, 0.15) is 0 Å². The Hall–Kier alpha value is -3.23. The minimum atomic E-state index is 0.102. The molecule has 0 aliphatic carbocycles. The van der Waals surface area contributed by atoms with Crippen molar-refractivity contribution in [2.75, 3.05) is 0 Å². The van der Waals surface area contributed by atoms with Gasteiger partial charge in [-0.15, -0.1) is 0 Å². The van der Waals surface area contributed by atoms with E-state index in [0.29, 0.717) is 12.2 Å². The maximum Gasteiger partial charge on any atom is 0.159 e. The topological polar surface area (TPSA) is 61.9 Å². The lowest BCUT2D eigenvalue weighted by atomic mass is 10.0. The molecule has 2 heterocycles. The van der Waals surface area contributed by atoms with Crippen LogP contribution >= 0.6 is 0 Å². The highest BCUT2D eigenvalue weighted by Crippen LogP contribution is 2.25. The fourth-order valence-electron chi connectivity index (χ4n) is 3.30. The van der Waals surface area contributed by atoms with Gasteiger partial charge in [-0.25, -0.2) is 0 Å². The van der Waals surface area contributed by atoms with E-state index in [1.54, 1.807) is 19.1 Å². The van der Waals surface area contributed by atoms with E-state index in [1.807, 2.05) is 41.2 Å². The van der Waals surface area contributed by atoms with Crippen molar-refractivity contribution < 1.29 is 4.79 Å². The molecule has 0 N–H and O–H groups in total. The first-order valence-corrected chi connectivity index (χ1v) is 8.51. The van der Waals surface area contributed by atoms with Gasteiger partial charge in [0.25, 0.3) is 0 Å². The van der Waals surface area contributed by atoms with Gasteiger partial charge in [0.15, 0.2) is 5.78 Å². The summed E-state index contributed by atoms with van der Waals surface area (Å²) >= 11 is 0. The zero-order valence-electron chi connectivity index (χ0n) is 14.5. The zero-order valence-corrected chi connectivity index (χ0v) is 14.5. The molecule has 128 valence electrons. The first-order valence-electron chi connectivity index (χ1n) is 8.51. The number of fused-ring (bicyclic) bond motifs is 1. The van der Waals surface area contributed by atoms with Gasteiger partial charge in [-0.3, -0.25) is 14.4 Å². The molecule has 0 radical (unpaired) electrons. The first kappa shape index (κ1) is 16.2. The van der Waals surface area contributed by atoms with Crippen molar-refractivity contribution in [2.45, 2.75) is 26.7 Å². The molecule has 0 unspecified atom stereocenters. The average Bonchev–Trinajstić information content (AvgIpc) is 3.27. The molecule has 2 aromatic carbocycles. The van der Waals surface area contributed by atoms with Crippen LogP contribution in [0.2, 0.25) is 0 Å². The normalized spacial score (nSPS) is 13.4. The van der Waals surface area contributed by atoms with E-state index >= 15 is 0 Å². The standard InChI is InChI=1S/C21H18N4O/c1-15(26)18-6-7-19-12-24(13-20(19)10-18)14-25-9-8-21(23-25)17-4-2-16(11-22)3-5-17/h2-10H,12-14H2,1H3. The van der Waals surface area contributed by atoms with Gasteiger partial charge in [-0.2, -0.15) is 10.4 Å². The summed E-state index contributed by atoms with van der Waals surface area (Å²) < 4.78 is 1.92. The number of hydrogen-bond donors (Lipinski definition) is 0. The molecule has 3 aromatic rings. The zero-order chi connectivity index (χ0) is 18.1. The third-order valence-electron chi connectivity index (χ3n) is 4.70. The van der Waals surface area contributed by atoms with Crippen LogP contribution < -0.4 is 0 Å². The predicted octanol–water partition coefficient (Wildman–Crippen LogP) is 3.60. The van der Waals surface area contributed by atoms with Crippen molar-refractivity contribution in [3.8, 4) is 17.3 Å². The molecular formula is C21H18N4O. The summed E-state index contributed by atoms with van der Waals surface area (Å²) in [6, 6.07) is 17.5. The van der Waals surface area contributed by atoms with Gasteiger partial charge in [-0.05, 0) is 42.3 Å². The second-order valence-corrected chi connectivity index (χ2v) is 6.60. The highest BCUT2D eigenvalue weighted by molar-refractivity contribution is 5.94. The van der Waals surface area contributed by atoms with Gasteiger partial charge in [-0.1, -0.05) is 24.3 Å². The Balaban J connectivity index is 1.46. The van der Waals surface area contributed by atoms with Crippen LogP contribution in [-0.4, -0.2) is 20.5 Å². The van der Waals surface area contributed by atoms with Gasteiger partial charge in [0.05, 0.1) is 24.0 Å². The van der Waals surface area contributed by atoms with Crippen LogP contribution in [0.1, 0.15) is 34.0 Å². The number of Topliss-reactive ketones (excluding diaryl/α,β-unsaturated/α-hetero) is 1. The Bertz CT molecular complexity index is 1010. The van der Waals surface area contributed by atoms with Gasteiger partial charge in [0.2, 0.25) is 0 Å². The lowest BCUT2D eigenvalue weighted by molar-refractivity contribution is 0.101. The Morgan fingerprint density at radius 1 is 1.12 bits per heavy atom. The number of hydrogen-bond acceptors (Lipinski definition) is 4. The van der Waals surface area contributed by atoms with Gasteiger partial charge >= 0.3 is 0 Å². The SMILES string of the molecule is CC(=O)c1ccc2c(c1)CN(Cn1ccc(-c3ccc(C#N)cc3)n1)C2.